The van der Waals surface area contributed by atoms with Crippen LogP contribution in [0, 0.1) is 17.0 Å². The third-order valence-corrected chi connectivity index (χ3v) is 5.86. The molecule has 9 heteroatoms. The molecular formula is C22H22N2O5S2. The van der Waals surface area contributed by atoms with Gasteiger partial charge in [-0.1, -0.05) is 36.1 Å². The average Bonchev–Trinajstić information content (AvgIpc) is 3.00. The van der Waals surface area contributed by atoms with Crippen LogP contribution in [0.3, 0.4) is 0 Å². The molecule has 0 aliphatic carbocycles. The highest BCUT2D eigenvalue weighted by Crippen LogP contribution is 2.35. The van der Waals surface area contributed by atoms with Gasteiger partial charge in [-0.25, -0.2) is 0 Å². The summed E-state index contributed by atoms with van der Waals surface area (Å²) < 4.78 is 12.0. The molecule has 0 radical (unpaired) electrons. The first-order valence-corrected chi connectivity index (χ1v) is 11.0. The van der Waals surface area contributed by atoms with Gasteiger partial charge in [-0.05, 0) is 43.7 Å². The summed E-state index contributed by atoms with van der Waals surface area (Å²) in [4.78, 5) is 25.1. The highest BCUT2D eigenvalue weighted by Gasteiger charge is 2.31. The Morgan fingerprint density at radius 1 is 1.19 bits per heavy atom. The van der Waals surface area contributed by atoms with Gasteiger partial charge < -0.3 is 9.47 Å². The number of rotatable bonds is 9. The zero-order valence-electron chi connectivity index (χ0n) is 17.2. The first-order valence-electron chi connectivity index (χ1n) is 9.75. The van der Waals surface area contributed by atoms with Gasteiger partial charge >= 0.3 is 0 Å². The minimum atomic E-state index is -0.478. The van der Waals surface area contributed by atoms with E-state index >= 15 is 0 Å². The second kappa shape index (κ2) is 10.4. The monoisotopic (exact) mass is 458 g/mol. The molecule has 1 aliphatic rings. The number of nitro groups is 1. The molecule has 7 nitrogen and oxygen atoms in total. The number of hydrogen-bond donors (Lipinski definition) is 0. The molecule has 0 aromatic heterocycles. The van der Waals surface area contributed by atoms with E-state index in [4.69, 9.17) is 21.7 Å². The van der Waals surface area contributed by atoms with Crippen molar-refractivity contribution < 1.29 is 19.2 Å². The summed E-state index contributed by atoms with van der Waals surface area (Å²) in [6.07, 6.45) is 2.23. The molecule has 0 saturated carbocycles. The molecule has 3 rings (SSSR count). The van der Waals surface area contributed by atoms with Crippen LogP contribution in [-0.2, 0) is 4.79 Å². The Kier molecular flexibility index (Phi) is 7.64. The number of amides is 1. The number of ether oxygens (including phenoxy) is 2. The topological polar surface area (TPSA) is 81.9 Å². The lowest BCUT2D eigenvalue weighted by Gasteiger charge is -2.11. The van der Waals surface area contributed by atoms with Crippen LogP contribution in [0.4, 0.5) is 5.69 Å². The van der Waals surface area contributed by atoms with Crippen LogP contribution in [0.15, 0.2) is 47.4 Å². The van der Waals surface area contributed by atoms with Gasteiger partial charge in [0.2, 0.25) is 0 Å². The number of carbonyl (C=O) groups is 1. The first kappa shape index (κ1) is 22.8. The third kappa shape index (κ3) is 5.83. The number of nitro benzene ring substituents is 1. The van der Waals surface area contributed by atoms with Crippen LogP contribution in [0.25, 0.3) is 6.08 Å². The highest BCUT2D eigenvalue weighted by atomic mass is 32.2. The maximum absolute atomic E-state index is 12.5. The second-order valence-electron chi connectivity index (χ2n) is 6.77. The number of thiocarbonyl (C=S) groups is 1. The fraction of sp³-hybridized carbons (Fsp3) is 0.273. The molecule has 1 saturated heterocycles. The summed E-state index contributed by atoms with van der Waals surface area (Å²) in [5.41, 5.74) is 1.51. The number of thioether (sulfide) groups is 1. The Bertz CT molecular complexity index is 1040. The molecule has 0 bridgehead atoms. The molecule has 1 amide bonds. The van der Waals surface area contributed by atoms with Crippen molar-refractivity contribution in [1.82, 2.24) is 4.90 Å². The predicted octanol–water partition coefficient (Wildman–Crippen LogP) is 4.97. The number of benzene rings is 2. The van der Waals surface area contributed by atoms with Crippen LogP contribution in [-0.4, -0.2) is 39.8 Å². The minimum absolute atomic E-state index is 0.0765. The van der Waals surface area contributed by atoms with E-state index in [2.05, 4.69) is 0 Å². The van der Waals surface area contributed by atoms with E-state index in [0.29, 0.717) is 46.7 Å². The van der Waals surface area contributed by atoms with E-state index in [1.807, 2.05) is 38.1 Å². The third-order valence-electron chi connectivity index (χ3n) is 4.49. The van der Waals surface area contributed by atoms with E-state index in [-0.39, 0.29) is 11.6 Å². The van der Waals surface area contributed by atoms with Crippen molar-refractivity contribution in [2.45, 2.75) is 20.3 Å². The van der Waals surface area contributed by atoms with Gasteiger partial charge in [0.1, 0.15) is 15.8 Å². The standard InChI is InChI=1S/C22H22N2O5S2/c1-3-23-21(25)20(31-22(23)30)14-16-13-17(24(26)27)8-9-19(16)29-11-5-10-28-18-7-4-6-15(2)12-18/h4,6-9,12-14H,3,5,10-11H2,1-2H3. The Morgan fingerprint density at radius 2 is 1.97 bits per heavy atom. The largest absolute Gasteiger partial charge is 0.493 e. The summed E-state index contributed by atoms with van der Waals surface area (Å²) in [6.45, 7) is 5.15. The quantitative estimate of drug-likeness (QED) is 0.172. The molecule has 0 N–H and O–H groups in total. The summed E-state index contributed by atoms with van der Waals surface area (Å²) >= 11 is 6.41. The number of carbonyl (C=O) groups excluding carboxylic acids is 1. The molecule has 31 heavy (non-hydrogen) atoms. The Balaban J connectivity index is 1.68. The zero-order valence-corrected chi connectivity index (χ0v) is 18.8. The summed E-state index contributed by atoms with van der Waals surface area (Å²) in [6, 6.07) is 12.1. The fourth-order valence-electron chi connectivity index (χ4n) is 2.94. The summed E-state index contributed by atoms with van der Waals surface area (Å²) in [7, 11) is 0. The van der Waals surface area contributed by atoms with Crippen LogP contribution < -0.4 is 9.47 Å². The van der Waals surface area contributed by atoms with E-state index in [0.717, 1.165) is 11.3 Å². The molecule has 0 spiro atoms. The first-order chi connectivity index (χ1) is 14.9. The molecule has 1 heterocycles. The lowest BCUT2D eigenvalue weighted by molar-refractivity contribution is -0.384. The van der Waals surface area contributed by atoms with Crippen molar-refractivity contribution in [3.63, 3.8) is 0 Å². The Morgan fingerprint density at radius 3 is 2.65 bits per heavy atom. The second-order valence-corrected chi connectivity index (χ2v) is 8.45. The smallest absolute Gasteiger partial charge is 0.270 e. The molecule has 162 valence electrons. The maximum Gasteiger partial charge on any atom is 0.270 e. The van der Waals surface area contributed by atoms with Gasteiger partial charge in [0.25, 0.3) is 11.6 Å². The van der Waals surface area contributed by atoms with Gasteiger partial charge in [-0.2, -0.15) is 0 Å². The number of likely N-dealkylation sites (N-methyl/N-ethyl adjacent to an activating group) is 1. The van der Waals surface area contributed by atoms with Crippen LogP contribution in [0.1, 0.15) is 24.5 Å². The summed E-state index contributed by atoms with van der Waals surface area (Å²) in [5, 5.41) is 11.2. The number of non-ortho nitro benzene ring substituents is 1. The Labute approximate surface area is 190 Å². The number of hydrogen-bond acceptors (Lipinski definition) is 7. The van der Waals surface area contributed by atoms with Crippen molar-refractivity contribution in [2.24, 2.45) is 0 Å². The van der Waals surface area contributed by atoms with Crippen molar-refractivity contribution in [3.8, 4) is 11.5 Å². The molecule has 0 unspecified atom stereocenters. The van der Waals surface area contributed by atoms with E-state index in [9.17, 15) is 14.9 Å². The van der Waals surface area contributed by atoms with Crippen molar-refractivity contribution >= 4 is 46.0 Å². The van der Waals surface area contributed by atoms with E-state index < -0.39 is 4.92 Å². The molecule has 2 aromatic rings. The van der Waals surface area contributed by atoms with E-state index in [1.165, 1.54) is 28.8 Å². The Hall–Kier alpha value is -2.91. The van der Waals surface area contributed by atoms with Gasteiger partial charge in [-0.15, -0.1) is 0 Å². The molecule has 0 atom stereocenters. The van der Waals surface area contributed by atoms with Crippen molar-refractivity contribution in [1.29, 1.82) is 0 Å². The van der Waals surface area contributed by atoms with Crippen molar-refractivity contribution in [2.75, 3.05) is 19.8 Å². The van der Waals surface area contributed by atoms with Crippen LogP contribution >= 0.6 is 24.0 Å². The van der Waals surface area contributed by atoms with Gasteiger partial charge in [0, 0.05) is 30.7 Å². The normalized spacial score (nSPS) is 14.9. The van der Waals surface area contributed by atoms with Crippen LogP contribution in [0.5, 0.6) is 11.5 Å². The minimum Gasteiger partial charge on any atom is -0.493 e. The molecular weight excluding hydrogens is 436 g/mol. The summed E-state index contributed by atoms with van der Waals surface area (Å²) in [5.74, 6) is 1.05. The van der Waals surface area contributed by atoms with Gasteiger partial charge in [-0.3, -0.25) is 19.8 Å². The highest BCUT2D eigenvalue weighted by molar-refractivity contribution is 8.26. The van der Waals surface area contributed by atoms with Crippen molar-refractivity contribution in [3.05, 3.63) is 68.6 Å². The average molecular weight is 459 g/mol. The van der Waals surface area contributed by atoms with Gasteiger partial charge in [0.05, 0.1) is 23.0 Å². The fourth-order valence-corrected chi connectivity index (χ4v) is 4.32. The molecule has 2 aromatic carbocycles. The SMILES string of the molecule is CCN1C(=O)C(=Cc2cc([N+](=O)[O-])ccc2OCCCOc2cccc(C)c2)SC1=S. The molecule has 1 aliphatic heterocycles. The lowest BCUT2D eigenvalue weighted by Crippen LogP contribution is -2.27. The van der Waals surface area contributed by atoms with E-state index in [1.54, 1.807) is 12.1 Å². The maximum atomic E-state index is 12.5. The predicted molar refractivity (Wildman–Crippen MR) is 125 cm³/mol. The lowest BCUT2D eigenvalue weighted by atomic mass is 10.1. The zero-order chi connectivity index (χ0) is 22.4. The van der Waals surface area contributed by atoms with Gasteiger partial charge in [0.15, 0.2) is 0 Å². The number of nitrogens with zero attached hydrogens (tertiary/aromatic N) is 2. The number of aryl methyl sites for hydroxylation is 1. The molecule has 1 fully saturated rings. The van der Waals surface area contributed by atoms with Crippen LogP contribution in [0.2, 0.25) is 0 Å².